The number of aromatic amines is 1. The van der Waals surface area contributed by atoms with Crippen LogP contribution in [0.5, 0.6) is 11.5 Å². The number of carbonyl (C=O) groups excluding carboxylic acids is 2. The molecule has 1 aliphatic heterocycles. The number of amides is 2. The highest BCUT2D eigenvalue weighted by Crippen LogP contribution is 2.28. The molecule has 2 amide bonds. The zero-order chi connectivity index (χ0) is 19.6. The first-order valence-electron chi connectivity index (χ1n) is 8.91. The van der Waals surface area contributed by atoms with Crippen LogP contribution in [0.25, 0.3) is 0 Å². The van der Waals surface area contributed by atoms with Gasteiger partial charge in [0.2, 0.25) is 0 Å². The van der Waals surface area contributed by atoms with Gasteiger partial charge in [-0.25, -0.2) is 0 Å². The van der Waals surface area contributed by atoms with Crippen LogP contribution >= 0.6 is 0 Å². The Labute approximate surface area is 158 Å². The van der Waals surface area contributed by atoms with E-state index in [0.717, 1.165) is 11.4 Å². The number of hydrogen-bond acceptors (Lipinski definition) is 4. The van der Waals surface area contributed by atoms with Crippen LogP contribution in [0.2, 0.25) is 0 Å². The largest absolute Gasteiger partial charge is 0.493 e. The highest BCUT2D eigenvalue weighted by Gasteiger charge is 2.27. The van der Waals surface area contributed by atoms with Gasteiger partial charge >= 0.3 is 0 Å². The Bertz CT molecular complexity index is 851. The number of nitrogens with one attached hydrogen (secondary N) is 1. The predicted octanol–water partition coefficient (Wildman–Crippen LogP) is 2.25. The van der Waals surface area contributed by atoms with Gasteiger partial charge in [-0.05, 0) is 38.1 Å². The standard InChI is InChI=1S/C20H25N3O4/c1-13-11-16(14(2)21-13)20(25)23-9-7-22(8-10-23)19(24)15-5-6-17(26-3)18(12-15)27-4/h5-6,11-12,21H,7-10H2,1-4H3. The van der Waals surface area contributed by atoms with E-state index in [0.29, 0.717) is 48.8 Å². The molecule has 1 saturated heterocycles. The molecule has 1 aromatic carbocycles. The van der Waals surface area contributed by atoms with E-state index >= 15 is 0 Å². The maximum atomic E-state index is 12.8. The summed E-state index contributed by atoms with van der Waals surface area (Å²) in [6, 6.07) is 7.01. The monoisotopic (exact) mass is 371 g/mol. The number of piperazine rings is 1. The van der Waals surface area contributed by atoms with Crippen LogP contribution in [-0.4, -0.2) is 67.0 Å². The molecule has 0 bridgehead atoms. The third kappa shape index (κ3) is 3.77. The van der Waals surface area contributed by atoms with Gasteiger partial charge in [-0.3, -0.25) is 9.59 Å². The van der Waals surface area contributed by atoms with Crippen molar-refractivity contribution in [3.8, 4) is 11.5 Å². The lowest BCUT2D eigenvalue weighted by molar-refractivity contribution is 0.0535. The lowest BCUT2D eigenvalue weighted by Crippen LogP contribution is -2.50. The number of nitrogens with zero attached hydrogens (tertiary/aromatic N) is 2. The molecule has 3 rings (SSSR count). The Morgan fingerprint density at radius 3 is 2.00 bits per heavy atom. The topological polar surface area (TPSA) is 74.9 Å². The number of benzene rings is 1. The van der Waals surface area contributed by atoms with Gasteiger partial charge in [0.1, 0.15) is 0 Å². The van der Waals surface area contributed by atoms with Crippen molar-refractivity contribution in [2.24, 2.45) is 0 Å². The number of methoxy groups -OCH3 is 2. The molecule has 2 heterocycles. The number of carbonyl (C=O) groups is 2. The summed E-state index contributed by atoms with van der Waals surface area (Å²) >= 11 is 0. The fourth-order valence-corrected chi connectivity index (χ4v) is 3.38. The van der Waals surface area contributed by atoms with E-state index in [9.17, 15) is 9.59 Å². The summed E-state index contributed by atoms with van der Waals surface area (Å²) < 4.78 is 10.5. The van der Waals surface area contributed by atoms with Crippen molar-refractivity contribution in [2.45, 2.75) is 13.8 Å². The van der Waals surface area contributed by atoms with E-state index in [2.05, 4.69) is 4.98 Å². The highest BCUT2D eigenvalue weighted by atomic mass is 16.5. The number of rotatable bonds is 4. The molecule has 144 valence electrons. The second-order valence-electron chi connectivity index (χ2n) is 6.65. The summed E-state index contributed by atoms with van der Waals surface area (Å²) in [6.45, 7) is 5.87. The van der Waals surface area contributed by atoms with Crippen LogP contribution in [0.3, 0.4) is 0 Å². The molecule has 0 aliphatic carbocycles. The molecule has 1 fully saturated rings. The minimum atomic E-state index is -0.0725. The molecule has 0 atom stereocenters. The summed E-state index contributed by atoms with van der Waals surface area (Å²) in [7, 11) is 3.10. The zero-order valence-corrected chi connectivity index (χ0v) is 16.2. The molecule has 0 radical (unpaired) electrons. The second-order valence-corrected chi connectivity index (χ2v) is 6.65. The second kappa shape index (κ2) is 7.73. The number of H-pyrrole nitrogens is 1. The zero-order valence-electron chi connectivity index (χ0n) is 16.2. The van der Waals surface area contributed by atoms with Gasteiger partial charge in [-0.1, -0.05) is 0 Å². The van der Waals surface area contributed by atoms with Crippen molar-refractivity contribution in [1.29, 1.82) is 0 Å². The summed E-state index contributed by atoms with van der Waals surface area (Å²) in [5, 5.41) is 0. The van der Waals surface area contributed by atoms with Crippen molar-refractivity contribution in [1.82, 2.24) is 14.8 Å². The van der Waals surface area contributed by atoms with Crippen molar-refractivity contribution >= 4 is 11.8 Å². The first-order chi connectivity index (χ1) is 12.9. The smallest absolute Gasteiger partial charge is 0.255 e. The van der Waals surface area contributed by atoms with Gasteiger partial charge in [-0.15, -0.1) is 0 Å². The summed E-state index contributed by atoms with van der Waals surface area (Å²) in [6.07, 6.45) is 0. The normalized spacial score (nSPS) is 14.2. The van der Waals surface area contributed by atoms with E-state index in [4.69, 9.17) is 9.47 Å². The van der Waals surface area contributed by atoms with Crippen LogP contribution in [-0.2, 0) is 0 Å². The Hall–Kier alpha value is -2.96. The van der Waals surface area contributed by atoms with Gasteiger partial charge < -0.3 is 24.3 Å². The van der Waals surface area contributed by atoms with Gasteiger partial charge in [0.25, 0.3) is 11.8 Å². The van der Waals surface area contributed by atoms with E-state index in [-0.39, 0.29) is 11.8 Å². The van der Waals surface area contributed by atoms with Gasteiger partial charge in [-0.2, -0.15) is 0 Å². The maximum absolute atomic E-state index is 12.8. The van der Waals surface area contributed by atoms with Crippen LogP contribution in [0.15, 0.2) is 24.3 Å². The molecular weight excluding hydrogens is 346 g/mol. The predicted molar refractivity (Wildman–Crippen MR) is 102 cm³/mol. The average molecular weight is 371 g/mol. The van der Waals surface area contributed by atoms with Crippen LogP contribution in [0, 0.1) is 13.8 Å². The van der Waals surface area contributed by atoms with Crippen molar-refractivity contribution in [2.75, 3.05) is 40.4 Å². The number of hydrogen-bond donors (Lipinski definition) is 1. The quantitative estimate of drug-likeness (QED) is 0.894. The molecule has 0 spiro atoms. The number of aromatic nitrogens is 1. The fourth-order valence-electron chi connectivity index (χ4n) is 3.38. The molecule has 7 nitrogen and oxygen atoms in total. The van der Waals surface area contributed by atoms with Crippen molar-refractivity contribution in [3.05, 3.63) is 46.8 Å². The van der Waals surface area contributed by atoms with Gasteiger partial charge in [0.15, 0.2) is 11.5 Å². The van der Waals surface area contributed by atoms with Crippen LogP contribution < -0.4 is 9.47 Å². The summed E-state index contributed by atoms with van der Waals surface area (Å²) in [5.41, 5.74) is 3.09. The first-order valence-corrected chi connectivity index (χ1v) is 8.91. The first kappa shape index (κ1) is 18.8. The van der Waals surface area contributed by atoms with Gasteiger partial charge in [0, 0.05) is 43.1 Å². The fraction of sp³-hybridized carbons (Fsp3) is 0.400. The number of aryl methyl sites for hydroxylation is 2. The third-order valence-electron chi connectivity index (χ3n) is 4.86. The van der Waals surface area contributed by atoms with Crippen LogP contribution in [0.4, 0.5) is 0 Å². The summed E-state index contributed by atoms with van der Waals surface area (Å²) in [5.74, 6) is 1.05. The SMILES string of the molecule is COc1ccc(C(=O)N2CCN(C(=O)c3cc(C)[nH]c3C)CC2)cc1OC. The Balaban J connectivity index is 1.66. The molecule has 1 aliphatic rings. The third-order valence-corrected chi connectivity index (χ3v) is 4.86. The Morgan fingerprint density at radius 1 is 0.889 bits per heavy atom. The molecule has 27 heavy (non-hydrogen) atoms. The Morgan fingerprint density at radius 2 is 1.48 bits per heavy atom. The van der Waals surface area contributed by atoms with E-state index in [1.807, 2.05) is 19.9 Å². The molecule has 7 heteroatoms. The van der Waals surface area contributed by atoms with E-state index in [1.165, 1.54) is 0 Å². The van der Waals surface area contributed by atoms with E-state index < -0.39 is 0 Å². The average Bonchev–Trinajstić information content (AvgIpc) is 3.04. The van der Waals surface area contributed by atoms with Crippen molar-refractivity contribution < 1.29 is 19.1 Å². The van der Waals surface area contributed by atoms with Crippen molar-refractivity contribution in [3.63, 3.8) is 0 Å². The molecule has 1 aromatic heterocycles. The maximum Gasteiger partial charge on any atom is 0.255 e. The Kier molecular flexibility index (Phi) is 5.39. The summed E-state index contributed by atoms with van der Waals surface area (Å²) in [4.78, 5) is 32.2. The number of ether oxygens (including phenoxy) is 2. The molecule has 0 unspecified atom stereocenters. The minimum Gasteiger partial charge on any atom is -0.493 e. The lowest BCUT2D eigenvalue weighted by atomic mass is 10.1. The van der Waals surface area contributed by atoms with E-state index in [1.54, 1.807) is 42.2 Å². The molecular formula is C20H25N3O4. The van der Waals surface area contributed by atoms with Gasteiger partial charge in [0.05, 0.1) is 19.8 Å². The highest BCUT2D eigenvalue weighted by molar-refractivity contribution is 5.97. The minimum absolute atomic E-state index is 0.00932. The van der Waals surface area contributed by atoms with Crippen LogP contribution in [0.1, 0.15) is 32.1 Å². The lowest BCUT2D eigenvalue weighted by Gasteiger charge is -2.35. The molecule has 0 saturated carbocycles. The molecule has 2 aromatic rings. The molecule has 1 N–H and O–H groups in total.